The van der Waals surface area contributed by atoms with Crippen LogP contribution in [0.1, 0.15) is 167 Å². The topological polar surface area (TPSA) is 265 Å². The van der Waals surface area contributed by atoms with Gasteiger partial charge in [-0.25, -0.2) is 59.3 Å². The first-order chi connectivity index (χ1) is 64.8. The van der Waals surface area contributed by atoms with Crippen LogP contribution in [0.15, 0.2) is 327 Å². The van der Waals surface area contributed by atoms with E-state index >= 15 is 8.78 Å². The average Bonchev–Trinajstić information content (AvgIpc) is 0.726. The first-order valence-corrected chi connectivity index (χ1v) is 56.0. The van der Waals surface area contributed by atoms with Crippen molar-refractivity contribution in [3.8, 4) is 5.75 Å². The number of aryl methyl sites for hydroxylation is 6. The van der Waals surface area contributed by atoms with Gasteiger partial charge in [0.05, 0.1) is 68.0 Å². The van der Waals surface area contributed by atoms with E-state index in [1.54, 1.807) is 207 Å². The first-order valence-electron chi connectivity index (χ1n) is 45.9. The molecule has 6 aliphatic carbocycles. The number of rotatable bonds is 20. The third kappa shape index (κ3) is 19.9. The fourth-order valence-corrected chi connectivity index (χ4v) is 35.7. The molecule has 0 aromatic heterocycles. The third-order valence-electron chi connectivity index (χ3n) is 29.5. The van der Waals surface area contributed by atoms with Gasteiger partial charge in [0, 0.05) is 82.6 Å². The number of methoxy groups -OCH3 is 1. The van der Waals surface area contributed by atoms with Crippen molar-refractivity contribution < 1.29 is 78.4 Å². The normalized spacial score (nSPS) is 25.3. The largest absolute Gasteiger partial charge is 0.497 e. The molecule has 0 aliphatic heterocycles. The van der Waals surface area contributed by atoms with E-state index in [4.69, 9.17) is 27.9 Å². The SMILES string of the molecule is CCc1ccc([C@@H]2CC(=O)[C@@H]3CC(S(=O)(=O)c4ccc(C)cc4)[C@H](c4ccc(Cl)cc4)C[C@@H]3C2S(=O)(=O)c2ccc(C)cc2)cc1.COc1ccc([C@@H]2CC(=O)[C@@H]3CC(S(=O)(=O)c4ccc(C)cc4)[C@H](c4ccccc4F)C[C@@H]3C2S(=O)(=O)c2ccccc2)cc1.Cc1ccc([C@@H]2CC(=O)[C@@H]3CC(S(=O)(=O)c4ccc(C)cc4)[C@H](c4ccccc4F)C[C@@H]3C2S(=O)(=O)c2ccc(Cl)cc2)cc1. The number of sulfone groups is 6. The summed E-state index contributed by atoms with van der Waals surface area (Å²) in [4.78, 5) is 43.0. The number of Topliss-reactive ketones (excluding diaryl/α,β-unsaturated/α-hetero) is 3. The lowest BCUT2D eigenvalue weighted by Gasteiger charge is -2.48. The maximum absolute atomic E-state index is 15.5. The van der Waals surface area contributed by atoms with Crippen LogP contribution in [0.5, 0.6) is 5.75 Å². The van der Waals surface area contributed by atoms with Crippen molar-refractivity contribution >= 4 is 99.6 Å². The molecular weight excluding hydrogens is 1880 g/mol. The minimum absolute atomic E-state index is 0.0208. The zero-order chi connectivity index (χ0) is 96.8. The van der Waals surface area contributed by atoms with E-state index < -0.39 is 173 Å². The van der Waals surface area contributed by atoms with Gasteiger partial charge in [0.25, 0.3) is 0 Å². The minimum Gasteiger partial charge on any atom is -0.497 e. The van der Waals surface area contributed by atoms with Crippen LogP contribution in [-0.4, -0.2) is 106 Å². The molecule has 708 valence electrons. The summed E-state index contributed by atoms with van der Waals surface area (Å²) < 4.78 is 210. The molecule has 6 aliphatic rings. The fourth-order valence-electron chi connectivity index (χ4n) is 22.5. The highest BCUT2D eigenvalue weighted by atomic mass is 35.5. The van der Waals surface area contributed by atoms with Crippen molar-refractivity contribution in [2.24, 2.45) is 35.5 Å². The van der Waals surface area contributed by atoms with Gasteiger partial charge in [0.2, 0.25) is 0 Å². The number of hydrogen-bond donors (Lipinski definition) is 0. The zero-order valence-electron chi connectivity index (χ0n) is 76.2. The third-order valence-corrected chi connectivity index (χ3v) is 43.8. The van der Waals surface area contributed by atoms with E-state index in [0.717, 1.165) is 56.5 Å². The van der Waals surface area contributed by atoms with E-state index in [2.05, 4.69) is 6.92 Å². The maximum Gasteiger partial charge on any atom is 0.182 e. The molecule has 0 amide bonds. The summed E-state index contributed by atoms with van der Waals surface area (Å²) in [5.41, 5.74) is 9.25. The van der Waals surface area contributed by atoms with E-state index in [1.165, 1.54) is 36.4 Å². The molecule has 0 heterocycles. The Morgan fingerprint density at radius 2 is 0.529 bits per heavy atom. The Morgan fingerprint density at radius 1 is 0.279 bits per heavy atom. The number of halogens is 4. The molecule has 0 N–H and O–H groups in total. The second-order valence-electron chi connectivity index (χ2n) is 37.5. The monoisotopic (exact) mass is 1980 g/mol. The molecule has 0 bridgehead atoms. The number of hydrogen-bond acceptors (Lipinski definition) is 16. The van der Waals surface area contributed by atoms with Gasteiger partial charge in [-0.2, -0.15) is 0 Å². The van der Waals surface area contributed by atoms with Gasteiger partial charge >= 0.3 is 0 Å². The fraction of sp³-hybridized carbons (Fsp3) is 0.318. The van der Waals surface area contributed by atoms with Crippen LogP contribution in [0.25, 0.3) is 0 Å². The van der Waals surface area contributed by atoms with Crippen LogP contribution in [0, 0.1) is 81.8 Å². The maximum atomic E-state index is 15.5. The van der Waals surface area contributed by atoms with Gasteiger partial charge in [-0.3, -0.25) is 14.4 Å². The van der Waals surface area contributed by atoms with Crippen LogP contribution in [0.2, 0.25) is 10.0 Å². The van der Waals surface area contributed by atoms with Gasteiger partial charge in [-0.15, -0.1) is 0 Å². The van der Waals surface area contributed by atoms with Crippen molar-refractivity contribution in [1.82, 2.24) is 0 Å². The molecule has 6 fully saturated rings. The standard InChI is InChI=1S/C38H39ClO5S2.C36H34ClFO5S2.C36H35FO6S2/c1-4-26-9-11-28(12-10-26)33-22-36(40)34-23-37(45(41,42)30-17-5-24(2)6-18-30)32(27-13-15-29(39)16-14-27)21-35(34)38(33)46(43,44)31-19-7-25(3)8-20-31;1-22-7-11-24(12-8-22)29-20-34(39)30-21-35(44(40,41)26-15-9-23(2)10-16-26)31(28-5-3-4-6-33(28)38)19-32(30)36(29)45(42,43)27-17-13-25(37)14-18-27;1-23-12-18-27(19-13-23)44(39,40)35-22-30-32(20-31(35)28-10-6-7-11-33(28)37)36(45(41,42)26-8-4-3-5-9-26)29(21-34(30)38)24-14-16-25(43-2)17-15-24/h5-20,32-35,37-38H,4,21-23H2,1-3H3;3-18,29-32,35-36H,19-21H2,1-2H3;3-19,29-32,35-36H,20-22H2,1-2H3/t32-,33-,34+,35-,37?,38?;2*29-,30+,31-,32-,35?,36?/m000/s1. The van der Waals surface area contributed by atoms with Crippen molar-refractivity contribution in [2.45, 2.75) is 202 Å². The molecule has 26 heteroatoms. The average molecular weight is 1990 g/mol. The second kappa shape index (κ2) is 40.2. The molecule has 0 saturated heterocycles. The van der Waals surface area contributed by atoms with Crippen LogP contribution in [0.3, 0.4) is 0 Å². The Morgan fingerprint density at radius 3 is 0.853 bits per heavy atom. The van der Waals surface area contributed by atoms with Crippen LogP contribution < -0.4 is 4.74 Å². The van der Waals surface area contributed by atoms with E-state index in [9.17, 15) is 64.9 Å². The van der Waals surface area contributed by atoms with Crippen molar-refractivity contribution in [2.75, 3.05) is 7.11 Å². The van der Waals surface area contributed by atoms with Crippen molar-refractivity contribution in [3.63, 3.8) is 0 Å². The second-order valence-corrected chi connectivity index (χ2v) is 51.2. The lowest BCUT2D eigenvalue weighted by molar-refractivity contribution is -0.129. The highest BCUT2D eigenvalue weighted by Crippen LogP contribution is 2.59. The molecule has 18 atom stereocenters. The van der Waals surface area contributed by atoms with Crippen LogP contribution >= 0.6 is 23.2 Å². The summed E-state index contributed by atoms with van der Waals surface area (Å²) in [6.45, 7) is 11.5. The number of benzene rings is 12. The quantitative estimate of drug-likeness (QED) is 0.0686. The molecular formula is C110H108Cl2F2O16S6. The molecule has 12 aromatic rings. The summed E-state index contributed by atoms with van der Waals surface area (Å²) in [5, 5.41) is -5.18. The summed E-state index contributed by atoms with van der Waals surface area (Å²) in [6, 6.07) is 82.6. The van der Waals surface area contributed by atoms with Gasteiger partial charge < -0.3 is 4.74 Å². The predicted octanol–water partition coefficient (Wildman–Crippen LogP) is 22.4. The summed E-state index contributed by atoms with van der Waals surface area (Å²) in [6.07, 6.45) is 0.978. The predicted molar refractivity (Wildman–Crippen MR) is 527 cm³/mol. The molecule has 136 heavy (non-hydrogen) atoms. The number of ether oxygens (including phenoxy) is 1. The highest BCUT2D eigenvalue weighted by Gasteiger charge is 2.61. The Labute approximate surface area is 807 Å². The molecule has 6 unspecified atom stereocenters. The summed E-state index contributed by atoms with van der Waals surface area (Å²) in [5.74, 6) is -9.48. The van der Waals surface area contributed by atoms with Crippen molar-refractivity contribution in [1.29, 1.82) is 0 Å². The number of fused-ring (bicyclic) bond motifs is 3. The number of ketones is 3. The lowest BCUT2D eigenvalue weighted by Crippen LogP contribution is -2.53. The zero-order valence-corrected chi connectivity index (χ0v) is 82.7. The van der Waals surface area contributed by atoms with Gasteiger partial charge in [0.1, 0.15) is 34.7 Å². The van der Waals surface area contributed by atoms with Crippen molar-refractivity contribution in [3.05, 3.63) is 386 Å². The smallest absolute Gasteiger partial charge is 0.182 e. The van der Waals surface area contributed by atoms with Gasteiger partial charge in [0.15, 0.2) is 59.0 Å². The molecule has 0 spiro atoms. The Kier molecular flexibility index (Phi) is 29.2. The molecule has 16 nitrogen and oxygen atoms in total. The lowest BCUT2D eigenvalue weighted by atomic mass is 9.61. The van der Waals surface area contributed by atoms with Crippen LogP contribution in [0.4, 0.5) is 8.78 Å². The summed E-state index contributed by atoms with van der Waals surface area (Å²) >= 11 is 12.4. The molecule has 6 saturated carbocycles. The minimum atomic E-state index is -4.06. The Balaban J connectivity index is 0.000000148. The number of carbonyl (C=O) groups is 3. The Bertz CT molecular complexity index is 7150. The first kappa shape index (κ1) is 98.6. The molecule has 0 radical (unpaired) electrons. The van der Waals surface area contributed by atoms with E-state index in [-0.39, 0.29) is 116 Å². The van der Waals surface area contributed by atoms with E-state index in [0.29, 0.717) is 21.4 Å². The van der Waals surface area contributed by atoms with Crippen LogP contribution in [-0.2, 0) is 79.8 Å². The molecule has 18 rings (SSSR count). The van der Waals surface area contributed by atoms with Gasteiger partial charge in [-0.05, 0) is 258 Å². The van der Waals surface area contributed by atoms with Gasteiger partial charge in [-0.1, -0.05) is 234 Å². The Hall–Kier alpha value is -10.4. The van der Waals surface area contributed by atoms with E-state index in [1.807, 2.05) is 95.3 Å². The highest BCUT2D eigenvalue weighted by molar-refractivity contribution is 7.93. The summed E-state index contributed by atoms with van der Waals surface area (Å²) in [7, 11) is -22.4. The number of carbonyl (C=O) groups excluding carboxylic acids is 3. The molecule has 12 aromatic carbocycles.